The third-order valence-corrected chi connectivity index (χ3v) is 3.74. The number of anilines is 1. The largest absolute Gasteiger partial charge is 0.477 e. The second kappa shape index (κ2) is 5.16. The van der Waals surface area contributed by atoms with E-state index in [4.69, 9.17) is 5.11 Å². The van der Waals surface area contributed by atoms with Gasteiger partial charge in [0.05, 0.1) is 5.75 Å². The quantitative estimate of drug-likeness (QED) is 0.809. The first-order valence-electron chi connectivity index (χ1n) is 5.69. The Morgan fingerprint density at radius 2 is 2.20 bits per heavy atom. The molecule has 7 nitrogen and oxygen atoms in total. The maximum absolute atomic E-state index is 12.6. The summed E-state index contributed by atoms with van der Waals surface area (Å²) in [4.78, 5) is 27.5. The van der Waals surface area contributed by atoms with Crippen molar-refractivity contribution in [2.75, 3.05) is 17.2 Å². The molecule has 1 aromatic rings. The molecule has 0 spiro atoms. The Balaban J connectivity index is 2.20. The number of amides is 1. The van der Waals surface area contributed by atoms with Crippen LogP contribution in [0.25, 0.3) is 0 Å². The average Bonchev–Trinajstić information content (AvgIpc) is 2.68. The van der Waals surface area contributed by atoms with Gasteiger partial charge in [-0.3, -0.25) is 9.69 Å². The van der Waals surface area contributed by atoms with Crippen molar-refractivity contribution in [3.63, 3.8) is 0 Å². The Kier molecular flexibility index (Phi) is 3.71. The minimum Gasteiger partial charge on any atom is -0.477 e. The van der Waals surface area contributed by atoms with E-state index in [1.54, 1.807) is 0 Å². The molecule has 0 radical (unpaired) electrons. The van der Waals surface area contributed by atoms with Crippen LogP contribution in [0.2, 0.25) is 0 Å². The summed E-state index contributed by atoms with van der Waals surface area (Å²) in [5.41, 5.74) is -0.225. The number of pyridine rings is 1. The van der Waals surface area contributed by atoms with Gasteiger partial charge in [0.1, 0.15) is 5.82 Å². The molecule has 1 unspecified atom stereocenters. The van der Waals surface area contributed by atoms with E-state index >= 15 is 0 Å². The van der Waals surface area contributed by atoms with Gasteiger partial charge in [-0.1, -0.05) is 6.07 Å². The third-order valence-electron chi connectivity index (χ3n) is 2.87. The summed E-state index contributed by atoms with van der Waals surface area (Å²) in [6.45, 7) is -0.00193. The molecule has 0 aliphatic carbocycles. The number of aromatic carboxylic acids is 1. The van der Waals surface area contributed by atoms with Crippen LogP contribution in [0.1, 0.15) is 16.9 Å². The summed E-state index contributed by atoms with van der Waals surface area (Å²) in [6, 6.07) is 4.14. The average molecular weight is 302 g/mol. The molecular weight excluding hydrogens is 291 g/mol. The van der Waals surface area contributed by atoms with E-state index in [0.717, 1.165) is 0 Å². The number of carboxylic acid groups (broad SMARTS) is 1. The molecule has 1 aliphatic heterocycles. The van der Waals surface area contributed by atoms with Crippen LogP contribution in [0.3, 0.4) is 0 Å². The summed E-state index contributed by atoms with van der Waals surface area (Å²) in [7, 11) is -4.65. The SMILES string of the molecule is O=C(O)c1cccc(N2CC(CS(=O)(=O)F)CC2=O)n1. The van der Waals surface area contributed by atoms with Gasteiger partial charge in [-0.2, -0.15) is 8.42 Å². The van der Waals surface area contributed by atoms with Crippen molar-refractivity contribution in [1.29, 1.82) is 0 Å². The van der Waals surface area contributed by atoms with E-state index in [-0.39, 0.29) is 24.5 Å². The molecule has 2 rings (SSSR count). The van der Waals surface area contributed by atoms with Gasteiger partial charge in [0.25, 0.3) is 0 Å². The number of carbonyl (C=O) groups is 2. The molecule has 0 bridgehead atoms. The normalized spacial score (nSPS) is 19.4. The third kappa shape index (κ3) is 3.29. The summed E-state index contributed by atoms with van der Waals surface area (Å²) < 4.78 is 33.8. The van der Waals surface area contributed by atoms with Crippen molar-refractivity contribution in [3.05, 3.63) is 23.9 Å². The van der Waals surface area contributed by atoms with Crippen LogP contribution >= 0.6 is 0 Å². The lowest BCUT2D eigenvalue weighted by atomic mass is 10.1. The maximum Gasteiger partial charge on any atom is 0.354 e. The van der Waals surface area contributed by atoms with Gasteiger partial charge in [-0.05, 0) is 12.1 Å². The minimum atomic E-state index is -4.65. The van der Waals surface area contributed by atoms with Gasteiger partial charge < -0.3 is 5.11 Å². The highest BCUT2D eigenvalue weighted by Gasteiger charge is 2.34. The van der Waals surface area contributed by atoms with Crippen LogP contribution in [0.5, 0.6) is 0 Å². The van der Waals surface area contributed by atoms with Gasteiger partial charge in [0, 0.05) is 18.9 Å². The topological polar surface area (TPSA) is 105 Å². The van der Waals surface area contributed by atoms with Crippen molar-refractivity contribution in [3.8, 4) is 0 Å². The Labute approximate surface area is 114 Å². The summed E-state index contributed by atoms with van der Waals surface area (Å²) >= 11 is 0. The zero-order valence-electron chi connectivity index (χ0n) is 10.2. The fraction of sp³-hybridized carbons (Fsp3) is 0.364. The van der Waals surface area contributed by atoms with E-state index in [1.165, 1.54) is 23.1 Å². The summed E-state index contributed by atoms with van der Waals surface area (Å²) in [5.74, 6) is -2.91. The van der Waals surface area contributed by atoms with Crippen molar-refractivity contribution in [2.45, 2.75) is 6.42 Å². The van der Waals surface area contributed by atoms with Gasteiger partial charge in [-0.15, -0.1) is 3.89 Å². The highest BCUT2D eigenvalue weighted by atomic mass is 32.3. The lowest BCUT2D eigenvalue weighted by molar-refractivity contribution is -0.117. The Morgan fingerprint density at radius 1 is 1.50 bits per heavy atom. The standard InChI is InChI=1S/C11H11FN2O5S/c12-20(18,19)6-7-4-10(15)14(5-7)9-3-1-2-8(13-9)11(16)17/h1-3,7H,4-6H2,(H,16,17). The Hall–Kier alpha value is -2.03. The lowest BCUT2D eigenvalue weighted by Crippen LogP contribution is -2.26. The number of carbonyl (C=O) groups excluding carboxylic acids is 1. The van der Waals surface area contributed by atoms with Crippen LogP contribution in [0.4, 0.5) is 9.70 Å². The van der Waals surface area contributed by atoms with Crippen LogP contribution < -0.4 is 4.90 Å². The second-order valence-electron chi connectivity index (χ2n) is 4.47. The zero-order chi connectivity index (χ0) is 14.9. The predicted octanol–water partition coefficient (Wildman–Crippen LogP) is 0.432. The van der Waals surface area contributed by atoms with E-state index in [9.17, 15) is 21.9 Å². The molecule has 1 saturated heterocycles. The first-order valence-corrected chi connectivity index (χ1v) is 7.24. The molecule has 0 aromatic carbocycles. The molecule has 1 aliphatic rings. The number of halogens is 1. The maximum atomic E-state index is 12.6. The fourth-order valence-corrected chi connectivity index (χ4v) is 2.88. The molecule has 9 heteroatoms. The summed E-state index contributed by atoms with van der Waals surface area (Å²) in [5, 5.41) is 8.83. The lowest BCUT2D eigenvalue weighted by Gasteiger charge is -2.15. The fourth-order valence-electron chi connectivity index (χ4n) is 2.09. The molecular formula is C11H11FN2O5S. The van der Waals surface area contributed by atoms with Crippen LogP contribution in [0.15, 0.2) is 18.2 Å². The first-order chi connectivity index (χ1) is 9.26. The number of hydrogen-bond acceptors (Lipinski definition) is 5. The Morgan fingerprint density at radius 3 is 2.80 bits per heavy atom. The molecule has 20 heavy (non-hydrogen) atoms. The van der Waals surface area contributed by atoms with Crippen LogP contribution in [-0.2, 0) is 15.0 Å². The van der Waals surface area contributed by atoms with E-state index in [1.807, 2.05) is 0 Å². The van der Waals surface area contributed by atoms with Crippen molar-refractivity contribution >= 4 is 27.9 Å². The second-order valence-corrected chi connectivity index (χ2v) is 5.88. The van der Waals surface area contributed by atoms with Gasteiger partial charge >= 0.3 is 16.2 Å². The molecule has 1 atom stereocenters. The van der Waals surface area contributed by atoms with Crippen molar-refractivity contribution in [2.24, 2.45) is 5.92 Å². The monoisotopic (exact) mass is 302 g/mol. The van der Waals surface area contributed by atoms with Gasteiger partial charge in [0.15, 0.2) is 5.69 Å². The molecule has 108 valence electrons. The highest BCUT2D eigenvalue weighted by Crippen LogP contribution is 2.25. The van der Waals surface area contributed by atoms with Crippen LogP contribution in [-0.4, -0.2) is 42.7 Å². The molecule has 1 amide bonds. The number of rotatable bonds is 4. The van der Waals surface area contributed by atoms with Gasteiger partial charge in [0.2, 0.25) is 5.91 Å². The Bertz CT molecular complexity index is 661. The van der Waals surface area contributed by atoms with E-state index in [0.29, 0.717) is 0 Å². The molecule has 1 fully saturated rings. The number of carboxylic acids is 1. The van der Waals surface area contributed by atoms with Crippen molar-refractivity contribution in [1.82, 2.24) is 4.98 Å². The van der Waals surface area contributed by atoms with Crippen molar-refractivity contribution < 1.29 is 27.0 Å². The highest BCUT2D eigenvalue weighted by molar-refractivity contribution is 7.86. The smallest absolute Gasteiger partial charge is 0.354 e. The first kappa shape index (κ1) is 14.4. The minimum absolute atomic E-state index is 0.00193. The van der Waals surface area contributed by atoms with Crippen LogP contribution in [0, 0.1) is 5.92 Å². The van der Waals surface area contributed by atoms with E-state index in [2.05, 4.69) is 4.98 Å². The molecule has 2 heterocycles. The molecule has 0 saturated carbocycles. The van der Waals surface area contributed by atoms with Gasteiger partial charge in [-0.25, -0.2) is 9.78 Å². The predicted molar refractivity (Wildman–Crippen MR) is 66.6 cm³/mol. The zero-order valence-corrected chi connectivity index (χ0v) is 11.0. The number of nitrogens with zero attached hydrogens (tertiary/aromatic N) is 2. The summed E-state index contributed by atoms with van der Waals surface area (Å²) in [6.07, 6.45) is -0.109. The number of aromatic nitrogens is 1. The molecule has 1 aromatic heterocycles. The van der Waals surface area contributed by atoms with E-state index < -0.39 is 33.8 Å². The number of hydrogen-bond donors (Lipinski definition) is 1. The molecule has 1 N–H and O–H groups in total.